The Morgan fingerprint density at radius 3 is 2.61 bits per heavy atom. The van der Waals surface area contributed by atoms with Crippen molar-refractivity contribution in [1.82, 2.24) is 14.6 Å². The molecule has 0 saturated carbocycles. The van der Waals surface area contributed by atoms with E-state index in [0.717, 1.165) is 24.2 Å². The maximum Gasteiger partial charge on any atom is 0.243 e. The lowest BCUT2D eigenvalue weighted by Gasteiger charge is -2.29. The van der Waals surface area contributed by atoms with Crippen LogP contribution < -0.4 is 5.32 Å². The van der Waals surface area contributed by atoms with Gasteiger partial charge in [0.15, 0.2) is 5.65 Å². The zero-order chi connectivity index (χ0) is 13.2. The van der Waals surface area contributed by atoms with Crippen molar-refractivity contribution in [3.8, 4) is 0 Å². The fourth-order valence-corrected chi connectivity index (χ4v) is 2.02. The number of aromatic nitrogens is 3. The van der Waals surface area contributed by atoms with E-state index in [-0.39, 0.29) is 12.1 Å². The van der Waals surface area contributed by atoms with Gasteiger partial charge in [0.05, 0.1) is 12.1 Å². The van der Waals surface area contributed by atoms with Crippen LogP contribution in [0, 0.1) is 6.92 Å². The maximum atomic E-state index is 9.54. The van der Waals surface area contributed by atoms with E-state index in [9.17, 15) is 5.11 Å². The minimum atomic E-state index is -0.334. The minimum absolute atomic E-state index is 0.0779. The molecule has 0 aliphatic rings. The molecular formula is C13H20N4O. The van der Waals surface area contributed by atoms with Gasteiger partial charge in [0, 0.05) is 5.69 Å². The zero-order valence-electron chi connectivity index (χ0n) is 11.1. The van der Waals surface area contributed by atoms with Gasteiger partial charge in [-0.25, -0.2) is 4.52 Å². The smallest absolute Gasteiger partial charge is 0.243 e. The molecular weight excluding hydrogens is 228 g/mol. The van der Waals surface area contributed by atoms with Crippen molar-refractivity contribution in [2.75, 3.05) is 11.9 Å². The van der Waals surface area contributed by atoms with Crippen LogP contribution in [0.1, 0.15) is 32.4 Å². The zero-order valence-corrected chi connectivity index (χ0v) is 11.1. The Balaban J connectivity index is 2.34. The van der Waals surface area contributed by atoms with Gasteiger partial charge in [-0.1, -0.05) is 19.9 Å². The second-order valence-corrected chi connectivity index (χ2v) is 4.64. The minimum Gasteiger partial charge on any atom is -0.394 e. The number of rotatable bonds is 5. The quantitative estimate of drug-likeness (QED) is 0.849. The number of anilines is 1. The van der Waals surface area contributed by atoms with Crippen molar-refractivity contribution >= 4 is 11.6 Å². The third kappa shape index (κ3) is 2.18. The third-order valence-corrected chi connectivity index (χ3v) is 3.58. The molecule has 2 aromatic heterocycles. The molecule has 0 aliphatic carbocycles. The molecule has 5 heteroatoms. The van der Waals surface area contributed by atoms with Gasteiger partial charge < -0.3 is 10.4 Å². The Hall–Kier alpha value is -1.62. The molecule has 2 aromatic rings. The van der Waals surface area contributed by atoms with E-state index in [4.69, 9.17) is 0 Å². The first kappa shape index (κ1) is 12.8. The Morgan fingerprint density at radius 1 is 1.33 bits per heavy atom. The summed E-state index contributed by atoms with van der Waals surface area (Å²) in [4.78, 5) is 4.43. The van der Waals surface area contributed by atoms with Gasteiger partial charge in [-0.05, 0) is 31.9 Å². The lowest BCUT2D eigenvalue weighted by molar-refractivity contribution is 0.201. The summed E-state index contributed by atoms with van der Waals surface area (Å²) in [5.74, 6) is 0.571. The summed E-state index contributed by atoms with van der Waals surface area (Å²) in [7, 11) is 0. The highest BCUT2D eigenvalue weighted by atomic mass is 16.3. The molecule has 5 nitrogen and oxygen atoms in total. The Labute approximate surface area is 107 Å². The maximum absolute atomic E-state index is 9.54. The summed E-state index contributed by atoms with van der Waals surface area (Å²) in [6.45, 7) is 6.17. The van der Waals surface area contributed by atoms with E-state index in [1.807, 2.05) is 39.0 Å². The van der Waals surface area contributed by atoms with E-state index in [0.29, 0.717) is 5.95 Å². The van der Waals surface area contributed by atoms with Crippen LogP contribution in [0.25, 0.3) is 5.65 Å². The van der Waals surface area contributed by atoms with Crippen molar-refractivity contribution in [3.63, 3.8) is 0 Å². The molecule has 2 heterocycles. The lowest BCUT2D eigenvalue weighted by atomic mass is 9.94. The Kier molecular flexibility index (Phi) is 3.52. The molecule has 98 valence electrons. The molecule has 2 rings (SSSR count). The molecule has 0 unspecified atom stereocenters. The predicted molar refractivity (Wildman–Crippen MR) is 71.7 cm³/mol. The molecule has 0 amide bonds. The summed E-state index contributed by atoms with van der Waals surface area (Å²) >= 11 is 0. The highest BCUT2D eigenvalue weighted by Gasteiger charge is 2.26. The third-order valence-electron chi connectivity index (χ3n) is 3.58. The Bertz CT molecular complexity index is 523. The average molecular weight is 248 g/mol. The first-order valence-electron chi connectivity index (χ1n) is 6.35. The van der Waals surface area contributed by atoms with E-state index < -0.39 is 0 Å². The predicted octanol–water partition coefficient (Wildman–Crippen LogP) is 2.00. The van der Waals surface area contributed by atoms with Gasteiger partial charge in [-0.15, -0.1) is 5.10 Å². The molecule has 0 aliphatic heterocycles. The van der Waals surface area contributed by atoms with Crippen molar-refractivity contribution in [2.45, 2.75) is 39.2 Å². The highest BCUT2D eigenvalue weighted by molar-refractivity contribution is 5.45. The molecule has 0 fully saturated rings. The summed E-state index contributed by atoms with van der Waals surface area (Å²) < 4.78 is 1.80. The van der Waals surface area contributed by atoms with Gasteiger partial charge in [0.1, 0.15) is 0 Å². The van der Waals surface area contributed by atoms with Crippen molar-refractivity contribution in [3.05, 3.63) is 23.9 Å². The molecule has 18 heavy (non-hydrogen) atoms. The number of pyridine rings is 1. The fourth-order valence-electron chi connectivity index (χ4n) is 2.02. The average Bonchev–Trinajstić information content (AvgIpc) is 2.80. The monoisotopic (exact) mass is 248 g/mol. The number of hydrogen-bond acceptors (Lipinski definition) is 4. The largest absolute Gasteiger partial charge is 0.394 e. The topological polar surface area (TPSA) is 62.5 Å². The van der Waals surface area contributed by atoms with Crippen LogP contribution in [0.3, 0.4) is 0 Å². The SMILES string of the molecule is CCC(CC)(CO)Nc1nc2cccc(C)n2n1. The second kappa shape index (κ2) is 4.94. The van der Waals surface area contributed by atoms with Crippen LogP contribution in [0.2, 0.25) is 0 Å². The van der Waals surface area contributed by atoms with Gasteiger partial charge in [0.25, 0.3) is 0 Å². The number of hydrogen-bond donors (Lipinski definition) is 2. The van der Waals surface area contributed by atoms with E-state index in [1.165, 1.54) is 0 Å². The normalized spacial score (nSPS) is 12.0. The van der Waals surface area contributed by atoms with Crippen molar-refractivity contribution in [2.24, 2.45) is 0 Å². The standard InChI is InChI=1S/C13H20N4O/c1-4-13(5-2,9-18)15-12-14-11-8-6-7-10(3)17(11)16-12/h6-8,18H,4-5,9H2,1-3H3,(H,15,16). The fraction of sp³-hybridized carbons (Fsp3) is 0.538. The van der Waals surface area contributed by atoms with E-state index >= 15 is 0 Å². The van der Waals surface area contributed by atoms with Crippen molar-refractivity contribution < 1.29 is 5.11 Å². The van der Waals surface area contributed by atoms with Gasteiger partial charge in [-0.2, -0.15) is 4.98 Å². The van der Waals surface area contributed by atoms with Crippen LogP contribution in [-0.4, -0.2) is 31.9 Å². The molecule has 0 bridgehead atoms. The number of aliphatic hydroxyl groups excluding tert-OH is 1. The van der Waals surface area contributed by atoms with Gasteiger partial charge in [-0.3, -0.25) is 0 Å². The molecule has 0 aromatic carbocycles. The number of nitrogens with zero attached hydrogens (tertiary/aromatic N) is 3. The van der Waals surface area contributed by atoms with E-state index in [1.54, 1.807) is 4.52 Å². The first-order chi connectivity index (χ1) is 8.64. The molecule has 2 N–H and O–H groups in total. The van der Waals surface area contributed by atoms with E-state index in [2.05, 4.69) is 15.4 Å². The lowest BCUT2D eigenvalue weighted by Crippen LogP contribution is -2.41. The van der Waals surface area contributed by atoms with Crippen LogP contribution in [0.5, 0.6) is 0 Å². The van der Waals surface area contributed by atoms with Crippen molar-refractivity contribution in [1.29, 1.82) is 0 Å². The van der Waals surface area contributed by atoms with Gasteiger partial charge in [0.2, 0.25) is 5.95 Å². The van der Waals surface area contributed by atoms with Crippen LogP contribution in [0.4, 0.5) is 5.95 Å². The summed E-state index contributed by atoms with van der Waals surface area (Å²) in [6, 6.07) is 5.87. The van der Waals surface area contributed by atoms with Crippen LogP contribution in [-0.2, 0) is 0 Å². The summed E-state index contributed by atoms with van der Waals surface area (Å²) in [5, 5.41) is 17.2. The number of fused-ring (bicyclic) bond motifs is 1. The van der Waals surface area contributed by atoms with Gasteiger partial charge >= 0.3 is 0 Å². The summed E-state index contributed by atoms with van der Waals surface area (Å²) in [5.41, 5.74) is 1.52. The molecule has 0 spiro atoms. The molecule has 0 radical (unpaired) electrons. The second-order valence-electron chi connectivity index (χ2n) is 4.64. The summed E-state index contributed by atoms with van der Waals surface area (Å²) in [6.07, 6.45) is 1.66. The van der Waals surface area contributed by atoms with Crippen LogP contribution in [0.15, 0.2) is 18.2 Å². The first-order valence-corrected chi connectivity index (χ1v) is 6.35. The molecule has 0 atom stereocenters. The number of aryl methyl sites for hydroxylation is 1. The Morgan fingerprint density at radius 2 is 2.06 bits per heavy atom. The highest BCUT2D eigenvalue weighted by Crippen LogP contribution is 2.20. The number of nitrogens with one attached hydrogen (secondary N) is 1. The van der Waals surface area contributed by atoms with Crippen LogP contribution >= 0.6 is 0 Å². The number of aliphatic hydroxyl groups is 1. The molecule has 0 saturated heterocycles.